The highest BCUT2D eigenvalue weighted by Crippen LogP contribution is 2.31. The quantitative estimate of drug-likeness (QED) is 0.718. The molecule has 1 heterocycles. The first-order chi connectivity index (χ1) is 8.59. The van der Waals surface area contributed by atoms with E-state index in [0.29, 0.717) is 19.0 Å². The number of hydrogen-bond acceptors (Lipinski definition) is 3. The number of alkyl halides is 1. The van der Waals surface area contributed by atoms with E-state index in [1.807, 2.05) is 6.92 Å². The number of aromatic nitrogens is 2. The third kappa shape index (κ3) is 2.87. The lowest BCUT2D eigenvalue weighted by atomic mass is 10.5. The Bertz CT molecular complexity index is 496. The summed E-state index contributed by atoms with van der Waals surface area (Å²) < 4.78 is 28.0. The van der Waals surface area contributed by atoms with E-state index in [0.717, 1.165) is 19.3 Å². The fourth-order valence-electron chi connectivity index (χ4n) is 1.94. The number of aryl methyl sites for hydroxylation is 1. The van der Waals surface area contributed by atoms with Crippen molar-refractivity contribution in [3.05, 3.63) is 12.4 Å². The Kier molecular flexibility index (Phi) is 4.29. The van der Waals surface area contributed by atoms with E-state index < -0.39 is 10.0 Å². The maximum atomic E-state index is 12.4. The van der Waals surface area contributed by atoms with Crippen molar-refractivity contribution in [2.75, 3.05) is 12.4 Å². The topological polar surface area (TPSA) is 55.2 Å². The number of rotatable bonds is 7. The smallest absolute Gasteiger partial charge is 0.246 e. The van der Waals surface area contributed by atoms with Crippen LogP contribution in [0.15, 0.2) is 17.3 Å². The maximum Gasteiger partial charge on any atom is 0.246 e. The van der Waals surface area contributed by atoms with Gasteiger partial charge in [-0.1, -0.05) is 6.92 Å². The first kappa shape index (κ1) is 13.8. The van der Waals surface area contributed by atoms with E-state index >= 15 is 0 Å². The molecule has 0 bridgehead atoms. The number of nitrogens with zero attached hydrogens (tertiary/aromatic N) is 3. The summed E-state index contributed by atoms with van der Waals surface area (Å²) in [6.45, 7) is 3.03. The Morgan fingerprint density at radius 1 is 1.56 bits per heavy atom. The van der Waals surface area contributed by atoms with E-state index in [9.17, 15) is 8.42 Å². The molecule has 0 aromatic carbocycles. The van der Waals surface area contributed by atoms with Crippen LogP contribution >= 0.6 is 11.6 Å². The monoisotopic (exact) mass is 291 g/mol. The van der Waals surface area contributed by atoms with Gasteiger partial charge in [-0.15, -0.1) is 11.6 Å². The minimum Gasteiger partial charge on any atom is -0.271 e. The molecule has 0 amide bonds. The molecule has 102 valence electrons. The molecule has 7 heteroatoms. The number of sulfonamides is 1. The minimum absolute atomic E-state index is 0.186. The van der Waals surface area contributed by atoms with E-state index in [4.69, 9.17) is 11.6 Å². The highest BCUT2D eigenvalue weighted by molar-refractivity contribution is 7.89. The lowest BCUT2D eigenvalue weighted by Gasteiger charge is -2.18. The summed E-state index contributed by atoms with van der Waals surface area (Å²) in [6, 6.07) is 0.186. The van der Waals surface area contributed by atoms with Crippen molar-refractivity contribution in [1.29, 1.82) is 0 Å². The fraction of sp³-hybridized carbons (Fsp3) is 0.727. The molecule has 0 radical (unpaired) electrons. The maximum absolute atomic E-state index is 12.4. The van der Waals surface area contributed by atoms with Crippen LogP contribution < -0.4 is 0 Å². The summed E-state index contributed by atoms with van der Waals surface area (Å²) in [6.07, 6.45) is 5.73. The summed E-state index contributed by atoms with van der Waals surface area (Å²) in [4.78, 5) is 0.283. The van der Waals surface area contributed by atoms with Crippen molar-refractivity contribution < 1.29 is 8.42 Å². The molecule has 0 spiro atoms. The minimum atomic E-state index is -3.38. The zero-order chi connectivity index (χ0) is 13.2. The molecular formula is C11H18ClN3O2S. The first-order valence-corrected chi connectivity index (χ1v) is 8.17. The van der Waals surface area contributed by atoms with E-state index in [1.165, 1.54) is 6.20 Å². The van der Waals surface area contributed by atoms with Gasteiger partial charge in [0.1, 0.15) is 4.90 Å². The Labute approximate surface area is 113 Å². The third-order valence-electron chi connectivity index (χ3n) is 3.00. The second-order valence-electron chi connectivity index (χ2n) is 4.42. The van der Waals surface area contributed by atoms with Crippen LogP contribution in [0.2, 0.25) is 0 Å². The lowest BCUT2D eigenvalue weighted by Crippen LogP contribution is -2.32. The van der Waals surface area contributed by atoms with Crippen molar-refractivity contribution in [1.82, 2.24) is 14.1 Å². The van der Waals surface area contributed by atoms with Gasteiger partial charge in [0, 0.05) is 31.2 Å². The van der Waals surface area contributed by atoms with Gasteiger partial charge in [-0.2, -0.15) is 9.40 Å². The predicted octanol–water partition coefficient (Wildman–Crippen LogP) is 1.68. The number of hydrogen-bond donors (Lipinski definition) is 0. The predicted molar refractivity (Wildman–Crippen MR) is 70.2 cm³/mol. The summed E-state index contributed by atoms with van der Waals surface area (Å²) in [5.41, 5.74) is 0. The Morgan fingerprint density at radius 2 is 2.28 bits per heavy atom. The van der Waals surface area contributed by atoms with Crippen LogP contribution in [0.5, 0.6) is 0 Å². The van der Waals surface area contributed by atoms with E-state index in [-0.39, 0.29) is 10.9 Å². The van der Waals surface area contributed by atoms with Crippen LogP contribution in [-0.4, -0.2) is 41.0 Å². The van der Waals surface area contributed by atoms with Gasteiger partial charge < -0.3 is 0 Å². The van der Waals surface area contributed by atoms with Crippen LogP contribution in [0.3, 0.4) is 0 Å². The SMILES string of the molecule is CCN(C1CC1)S(=O)(=O)c1cnn(CCCCl)c1. The van der Waals surface area contributed by atoms with Gasteiger partial charge in [-0.05, 0) is 19.3 Å². The average molecular weight is 292 g/mol. The first-order valence-electron chi connectivity index (χ1n) is 6.20. The molecule has 1 aliphatic carbocycles. The van der Waals surface area contributed by atoms with Crippen molar-refractivity contribution >= 4 is 21.6 Å². The van der Waals surface area contributed by atoms with Gasteiger partial charge in [0.2, 0.25) is 10.0 Å². The molecule has 1 aromatic rings. The molecule has 1 aromatic heterocycles. The van der Waals surface area contributed by atoms with Gasteiger partial charge >= 0.3 is 0 Å². The van der Waals surface area contributed by atoms with Crippen LogP contribution in [0, 0.1) is 0 Å². The Morgan fingerprint density at radius 3 is 2.83 bits per heavy atom. The molecule has 1 fully saturated rings. The summed E-state index contributed by atoms with van der Waals surface area (Å²) in [5, 5.41) is 4.07. The molecule has 18 heavy (non-hydrogen) atoms. The van der Waals surface area contributed by atoms with Crippen molar-refractivity contribution in [3.63, 3.8) is 0 Å². The standard InChI is InChI=1S/C11H18ClN3O2S/c1-2-15(10-4-5-10)18(16,17)11-8-13-14(9-11)7-3-6-12/h8-10H,2-7H2,1H3. The highest BCUT2D eigenvalue weighted by atomic mass is 35.5. The number of halogens is 1. The molecule has 0 aliphatic heterocycles. The van der Waals surface area contributed by atoms with E-state index in [2.05, 4.69) is 5.10 Å². The molecule has 5 nitrogen and oxygen atoms in total. The summed E-state index contributed by atoms with van der Waals surface area (Å²) >= 11 is 5.60. The van der Waals surface area contributed by atoms with Gasteiger partial charge in [-0.3, -0.25) is 4.68 Å². The average Bonchev–Trinajstić information content (AvgIpc) is 3.04. The van der Waals surface area contributed by atoms with E-state index in [1.54, 1.807) is 15.2 Å². The fourth-order valence-corrected chi connectivity index (χ4v) is 3.71. The van der Waals surface area contributed by atoms with Crippen molar-refractivity contribution in [2.45, 2.75) is 43.7 Å². The normalized spacial score (nSPS) is 16.4. The van der Waals surface area contributed by atoms with Gasteiger partial charge in [0.05, 0.1) is 6.20 Å². The molecule has 1 saturated carbocycles. The molecule has 1 aliphatic rings. The van der Waals surface area contributed by atoms with Crippen LogP contribution in [-0.2, 0) is 16.6 Å². The largest absolute Gasteiger partial charge is 0.271 e. The van der Waals surface area contributed by atoms with Crippen LogP contribution in [0.1, 0.15) is 26.2 Å². The molecule has 0 atom stereocenters. The molecule has 0 saturated heterocycles. The van der Waals surface area contributed by atoms with Crippen molar-refractivity contribution in [2.24, 2.45) is 0 Å². The Balaban J connectivity index is 2.15. The van der Waals surface area contributed by atoms with Crippen molar-refractivity contribution in [3.8, 4) is 0 Å². The molecule has 0 N–H and O–H groups in total. The second-order valence-corrected chi connectivity index (χ2v) is 6.69. The van der Waals surface area contributed by atoms with Gasteiger partial charge in [-0.25, -0.2) is 8.42 Å². The highest BCUT2D eigenvalue weighted by Gasteiger charge is 2.37. The molecule has 0 unspecified atom stereocenters. The van der Waals surface area contributed by atoms with Crippen LogP contribution in [0.4, 0.5) is 0 Å². The second kappa shape index (κ2) is 5.59. The summed E-state index contributed by atoms with van der Waals surface area (Å²) in [7, 11) is -3.38. The lowest BCUT2D eigenvalue weighted by molar-refractivity contribution is 0.421. The van der Waals surface area contributed by atoms with Gasteiger partial charge in [0.25, 0.3) is 0 Å². The zero-order valence-electron chi connectivity index (χ0n) is 10.4. The van der Waals surface area contributed by atoms with Crippen LogP contribution in [0.25, 0.3) is 0 Å². The molecular weight excluding hydrogens is 274 g/mol. The summed E-state index contributed by atoms with van der Waals surface area (Å²) in [5.74, 6) is 0.547. The molecule has 2 rings (SSSR count). The van der Waals surface area contributed by atoms with Gasteiger partial charge in [0.15, 0.2) is 0 Å². The third-order valence-corrected chi connectivity index (χ3v) is 5.25. The Hall–Kier alpha value is -0.590. The zero-order valence-corrected chi connectivity index (χ0v) is 12.0.